The van der Waals surface area contributed by atoms with Gasteiger partial charge in [-0.15, -0.1) is 0 Å². The molecule has 1 aromatic heterocycles. The number of carbonyl (C=O) groups excluding carboxylic acids is 1. The van der Waals surface area contributed by atoms with Crippen LogP contribution in [0.5, 0.6) is 0 Å². The van der Waals surface area contributed by atoms with Gasteiger partial charge in [0, 0.05) is 24.0 Å². The molecule has 3 aromatic carbocycles. The minimum Gasteiger partial charge on any atom is -0.334 e. The highest BCUT2D eigenvalue weighted by atomic mass is 32.2. The lowest BCUT2D eigenvalue weighted by Crippen LogP contribution is -2.28. The van der Waals surface area contributed by atoms with Crippen molar-refractivity contribution in [3.8, 4) is 11.1 Å². The third-order valence-corrected chi connectivity index (χ3v) is 6.18. The number of rotatable bonds is 7. The minimum atomic E-state index is -3.81. The molecule has 0 aliphatic rings. The van der Waals surface area contributed by atoms with E-state index in [1.54, 1.807) is 48.5 Å². The van der Waals surface area contributed by atoms with Crippen LogP contribution in [0.3, 0.4) is 0 Å². The molecule has 9 heteroatoms. The van der Waals surface area contributed by atoms with Crippen LogP contribution < -0.4 is 15.4 Å². The summed E-state index contributed by atoms with van der Waals surface area (Å²) in [4.78, 5) is 19.9. The monoisotopic (exact) mass is 459 g/mol. The summed E-state index contributed by atoms with van der Waals surface area (Å²) in [5.74, 6) is 0.392. The fraction of sp³-hybridized carbons (Fsp3) is 0.0417. The number of hydrogen-bond donors (Lipinski definition) is 3. The number of carbonyl (C=O) groups is 1. The molecular formula is C24H21N5O3S. The number of nitrogens with zero attached hydrogens (tertiary/aromatic N) is 2. The quantitative estimate of drug-likeness (QED) is 0.382. The van der Waals surface area contributed by atoms with Crippen molar-refractivity contribution < 1.29 is 13.2 Å². The van der Waals surface area contributed by atoms with Gasteiger partial charge in [0.1, 0.15) is 12.1 Å². The molecule has 0 bridgehead atoms. The van der Waals surface area contributed by atoms with Gasteiger partial charge in [0.05, 0.1) is 4.90 Å². The zero-order valence-electron chi connectivity index (χ0n) is 17.5. The van der Waals surface area contributed by atoms with Crippen LogP contribution in [0.1, 0.15) is 5.56 Å². The summed E-state index contributed by atoms with van der Waals surface area (Å²) in [5.41, 5.74) is 2.67. The van der Waals surface area contributed by atoms with Crippen molar-refractivity contribution in [3.05, 3.63) is 103 Å². The molecule has 0 unspecified atom stereocenters. The summed E-state index contributed by atoms with van der Waals surface area (Å²) in [6.45, 7) is 0.265. The number of amides is 2. The first-order chi connectivity index (χ1) is 16.0. The molecule has 0 saturated heterocycles. The number of anilines is 2. The van der Waals surface area contributed by atoms with E-state index in [1.807, 2.05) is 36.4 Å². The molecule has 8 nitrogen and oxygen atoms in total. The fourth-order valence-electron chi connectivity index (χ4n) is 3.17. The molecule has 0 radical (unpaired) electrons. The molecule has 166 valence electrons. The maximum atomic E-state index is 13.1. The standard InChI is InChI=1S/C24H21N5O3S/c30-24(28-23-14-15-25-17-27-23)26-16-18-10-12-20(13-11-18)29-33(31,32)22-9-5-4-8-21(22)19-6-2-1-3-7-19/h1-15,17,29H,16H2,(H2,25,26,27,28,30). The molecule has 2 amide bonds. The summed E-state index contributed by atoms with van der Waals surface area (Å²) < 4.78 is 28.8. The van der Waals surface area contributed by atoms with E-state index >= 15 is 0 Å². The lowest BCUT2D eigenvalue weighted by molar-refractivity contribution is 0.251. The molecule has 1 heterocycles. The summed E-state index contributed by atoms with van der Waals surface area (Å²) in [5, 5.41) is 5.32. The van der Waals surface area contributed by atoms with Crippen LogP contribution in [0.4, 0.5) is 16.3 Å². The Morgan fingerprint density at radius 2 is 1.58 bits per heavy atom. The predicted molar refractivity (Wildman–Crippen MR) is 127 cm³/mol. The lowest BCUT2D eigenvalue weighted by atomic mass is 10.1. The van der Waals surface area contributed by atoms with Gasteiger partial charge in [-0.2, -0.15) is 0 Å². The zero-order chi connectivity index (χ0) is 23.1. The number of nitrogens with one attached hydrogen (secondary N) is 3. The van der Waals surface area contributed by atoms with Crippen molar-refractivity contribution in [2.45, 2.75) is 11.4 Å². The SMILES string of the molecule is O=C(NCc1ccc(NS(=O)(=O)c2ccccc2-c2ccccc2)cc1)Nc1ccncn1. The van der Waals surface area contributed by atoms with Gasteiger partial charge in [0.25, 0.3) is 10.0 Å². The van der Waals surface area contributed by atoms with Crippen molar-refractivity contribution in [2.24, 2.45) is 0 Å². The second-order valence-corrected chi connectivity index (χ2v) is 8.72. The van der Waals surface area contributed by atoms with E-state index in [2.05, 4.69) is 25.3 Å². The highest BCUT2D eigenvalue weighted by Crippen LogP contribution is 2.28. The van der Waals surface area contributed by atoms with Gasteiger partial charge in [-0.1, -0.05) is 60.7 Å². The maximum Gasteiger partial charge on any atom is 0.320 e. The third-order valence-electron chi connectivity index (χ3n) is 4.74. The van der Waals surface area contributed by atoms with Gasteiger partial charge in [-0.3, -0.25) is 10.0 Å². The van der Waals surface area contributed by atoms with Crippen LogP contribution in [0.25, 0.3) is 11.1 Å². The Balaban J connectivity index is 1.41. The summed E-state index contributed by atoms with van der Waals surface area (Å²) >= 11 is 0. The second-order valence-electron chi connectivity index (χ2n) is 7.07. The van der Waals surface area contributed by atoms with E-state index in [-0.39, 0.29) is 11.4 Å². The van der Waals surface area contributed by atoms with Crippen molar-refractivity contribution in [1.29, 1.82) is 0 Å². The Kier molecular flexibility index (Phi) is 6.61. The second kappa shape index (κ2) is 9.92. The van der Waals surface area contributed by atoms with Crippen LogP contribution in [0, 0.1) is 0 Å². The fourth-order valence-corrected chi connectivity index (χ4v) is 4.45. The largest absolute Gasteiger partial charge is 0.334 e. The van der Waals surface area contributed by atoms with Gasteiger partial charge in [-0.05, 0) is 35.4 Å². The van der Waals surface area contributed by atoms with Gasteiger partial charge >= 0.3 is 6.03 Å². The number of urea groups is 1. The van der Waals surface area contributed by atoms with Crippen LogP contribution in [0.2, 0.25) is 0 Å². The number of sulfonamides is 1. The summed E-state index contributed by atoms with van der Waals surface area (Å²) in [6.07, 6.45) is 2.87. The van der Waals surface area contributed by atoms with Crippen LogP contribution >= 0.6 is 0 Å². The Morgan fingerprint density at radius 1 is 0.848 bits per heavy atom. The topological polar surface area (TPSA) is 113 Å². The van der Waals surface area contributed by atoms with Crippen molar-refractivity contribution in [2.75, 3.05) is 10.0 Å². The van der Waals surface area contributed by atoms with Gasteiger partial charge in [0.2, 0.25) is 0 Å². The molecule has 0 fully saturated rings. The molecule has 0 spiro atoms. The van der Waals surface area contributed by atoms with Crippen molar-refractivity contribution >= 4 is 27.6 Å². The first-order valence-electron chi connectivity index (χ1n) is 10.1. The highest BCUT2D eigenvalue weighted by molar-refractivity contribution is 7.92. The first-order valence-corrected chi connectivity index (χ1v) is 11.6. The van der Waals surface area contributed by atoms with E-state index in [9.17, 15) is 13.2 Å². The lowest BCUT2D eigenvalue weighted by Gasteiger charge is -2.13. The molecule has 0 aliphatic carbocycles. The molecule has 33 heavy (non-hydrogen) atoms. The average molecular weight is 460 g/mol. The van der Waals surface area contributed by atoms with E-state index in [1.165, 1.54) is 12.5 Å². The van der Waals surface area contributed by atoms with Crippen LogP contribution in [0.15, 0.2) is 102 Å². The van der Waals surface area contributed by atoms with E-state index in [4.69, 9.17) is 0 Å². The third kappa shape index (κ3) is 5.72. The molecule has 3 N–H and O–H groups in total. The van der Waals surface area contributed by atoms with Crippen LogP contribution in [-0.4, -0.2) is 24.4 Å². The number of aromatic nitrogens is 2. The molecule has 0 atom stereocenters. The van der Waals surface area contributed by atoms with E-state index < -0.39 is 16.1 Å². The Hall–Kier alpha value is -4.24. The minimum absolute atomic E-state index is 0.198. The Bertz CT molecular complexity index is 1330. The smallest absolute Gasteiger partial charge is 0.320 e. The normalized spacial score (nSPS) is 10.9. The number of hydrogen-bond acceptors (Lipinski definition) is 5. The van der Waals surface area contributed by atoms with E-state index in [0.717, 1.165) is 11.1 Å². The van der Waals surface area contributed by atoms with Gasteiger partial charge < -0.3 is 5.32 Å². The highest BCUT2D eigenvalue weighted by Gasteiger charge is 2.19. The predicted octanol–water partition coefficient (Wildman–Crippen LogP) is 4.27. The molecule has 0 aliphatic heterocycles. The van der Waals surface area contributed by atoms with Crippen LogP contribution in [-0.2, 0) is 16.6 Å². The number of benzene rings is 3. The average Bonchev–Trinajstić information content (AvgIpc) is 2.85. The van der Waals surface area contributed by atoms with Gasteiger partial charge in [-0.25, -0.2) is 23.2 Å². The first kappa shape index (κ1) is 22.0. The zero-order valence-corrected chi connectivity index (χ0v) is 18.3. The van der Waals surface area contributed by atoms with Gasteiger partial charge in [0.15, 0.2) is 0 Å². The van der Waals surface area contributed by atoms with Crippen molar-refractivity contribution in [1.82, 2.24) is 15.3 Å². The summed E-state index contributed by atoms with van der Waals surface area (Å²) in [7, 11) is -3.81. The van der Waals surface area contributed by atoms with E-state index in [0.29, 0.717) is 17.1 Å². The molecular weight excluding hydrogens is 438 g/mol. The molecule has 4 rings (SSSR count). The Morgan fingerprint density at radius 3 is 2.30 bits per heavy atom. The molecule has 4 aromatic rings. The molecule has 0 saturated carbocycles. The summed E-state index contributed by atoms with van der Waals surface area (Å²) in [6, 6.07) is 24.2. The maximum absolute atomic E-state index is 13.1. The van der Waals surface area contributed by atoms with Crippen molar-refractivity contribution in [3.63, 3.8) is 0 Å². The Labute approximate surface area is 191 Å².